The third-order valence-electron chi connectivity index (χ3n) is 3.54. The number of fused-ring (bicyclic) bond motifs is 1. The fraction of sp³-hybridized carbons (Fsp3) is 0.727. The van der Waals surface area contributed by atoms with Crippen LogP contribution in [-0.2, 0) is 18.0 Å². The van der Waals surface area contributed by atoms with Gasteiger partial charge in [-0.3, -0.25) is 0 Å². The number of rotatable bonds is 1. The van der Waals surface area contributed by atoms with Crippen LogP contribution in [0.15, 0.2) is 0 Å². The van der Waals surface area contributed by atoms with Crippen molar-refractivity contribution in [1.82, 2.24) is 9.78 Å². The molecule has 4 nitrogen and oxygen atoms in total. The standard InChI is InChI=1S/C11H17N3O/c12-11-9-6-15-7-10(9)13-14(11)8-4-2-1-3-5-8/h8H,1-7,12H2. The van der Waals surface area contributed by atoms with Crippen molar-refractivity contribution < 1.29 is 4.74 Å². The fourth-order valence-electron chi connectivity index (χ4n) is 2.66. The lowest BCUT2D eigenvalue weighted by atomic mass is 9.96. The van der Waals surface area contributed by atoms with Gasteiger partial charge >= 0.3 is 0 Å². The lowest BCUT2D eigenvalue weighted by Gasteiger charge is -2.23. The van der Waals surface area contributed by atoms with Crippen molar-refractivity contribution >= 4 is 5.82 Å². The van der Waals surface area contributed by atoms with Crippen molar-refractivity contribution in [3.8, 4) is 0 Å². The van der Waals surface area contributed by atoms with E-state index >= 15 is 0 Å². The van der Waals surface area contributed by atoms with Crippen LogP contribution in [-0.4, -0.2) is 9.78 Å². The molecule has 0 amide bonds. The Morgan fingerprint density at radius 3 is 2.73 bits per heavy atom. The zero-order valence-electron chi connectivity index (χ0n) is 8.91. The molecule has 1 aromatic rings. The van der Waals surface area contributed by atoms with Crippen molar-refractivity contribution in [2.24, 2.45) is 0 Å². The Balaban J connectivity index is 1.91. The summed E-state index contributed by atoms with van der Waals surface area (Å²) in [4.78, 5) is 0. The second kappa shape index (κ2) is 3.52. The number of nitrogens with zero attached hydrogens (tertiary/aromatic N) is 2. The maximum atomic E-state index is 6.11. The molecule has 82 valence electrons. The van der Waals surface area contributed by atoms with E-state index in [1.54, 1.807) is 0 Å². The highest BCUT2D eigenvalue weighted by Crippen LogP contribution is 2.33. The van der Waals surface area contributed by atoms with E-state index in [4.69, 9.17) is 10.5 Å². The summed E-state index contributed by atoms with van der Waals surface area (Å²) in [7, 11) is 0. The quantitative estimate of drug-likeness (QED) is 0.766. The zero-order chi connectivity index (χ0) is 10.3. The molecule has 0 spiro atoms. The van der Waals surface area contributed by atoms with E-state index in [1.807, 2.05) is 4.68 Å². The lowest BCUT2D eigenvalue weighted by Crippen LogP contribution is -2.16. The molecular formula is C11H17N3O. The van der Waals surface area contributed by atoms with Crippen LogP contribution in [0.4, 0.5) is 5.82 Å². The molecule has 2 heterocycles. The van der Waals surface area contributed by atoms with Gasteiger partial charge in [-0.1, -0.05) is 19.3 Å². The molecule has 1 saturated carbocycles. The maximum absolute atomic E-state index is 6.11. The van der Waals surface area contributed by atoms with Crippen LogP contribution in [0.25, 0.3) is 0 Å². The molecule has 0 radical (unpaired) electrons. The predicted octanol–water partition coefficient (Wildman–Crippen LogP) is 2.00. The topological polar surface area (TPSA) is 53.1 Å². The summed E-state index contributed by atoms with van der Waals surface area (Å²) in [5.41, 5.74) is 8.29. The van der Waals surface area contributed by atoms with Crippen LogP contribution in [0.1, 0.15) is 49.4 Å². The molecule has 15 heavy (non-hydrogen) atoms. The first-order chi connectivity index (χ1) is 7.36. The van der Waals surface area contributed by atoms with E-state index in [9.17, 15) is 0 Å². The van der Waals surface area contributed by atoms with Gasteiger partial charge in [0.15, 0.2) is 0 Å². The summed E-state index contributed by atoms with van der Waals surface area (Å²) in [5, 5.41) is 4.58. The molecule has 0 saturated heterocycles. The largest absolute Gasteiger partial charge is 0.384 e. The normalized spacial score (nSPS) is 21.9. The molecule has 0 atom stereocenters. The van der Waals surface area contributed by atoms with Crippen LogP contribution in [0, 0.1) is 0 Å². The predicted molar refractivity (Wildman–Crippen MR) is 57.3 cm³/mol. The van der Waals surface area contributed by atoms with E-state index in [-0.39, 0.29) is 0 Å². The van der Waals surface area contributed by atoms with Crippen molar-refractivity contribution in [2.75, 3.05) is 5.73 Å². The third-order valence-corrected chi connectivity index (χ3v) is 3.54. The molecule has 4 heteroatoms. The van der Waals surface area contributed by atoms with E-state index in [1.165, 1.54) is 32.1 Å². The lowest BCUT2D eigenvalue weighted by molar-refractivity contribution is 0.130. The molecule has 1 fully saturated rings. The second-order valence-corrected chi connectivity index (χ2v) is 4.54. The molecule has 1 aliphatic heterocycles. The third kappa shape index (κ3) is 1.44. The highest BCUT2D eigenvalue weighted by atomic mass is 16.5. The molecule has 0 unspecified atom stereocenters. The number of hydrogen-bond acceptors (Lipinski definition) is 3. The van der Waals surface area contributed by atoms with Gasteiger partial charge in [0.1, 0.15) is 5.82 Å². The number of nitrogens with two attached hydrogens (primary N) is 1. The van der Waals surface area contributed by atoms with Gasteiger partial charge in [0, 0.05) is 5.56 Å². The summed E-state index contributed by atoms with van der Waals surface area (Å²) < 4.78 is 7.37. The van der Waals surface area contributed by atoms with Crippen molar-refractivity contribution in [2.45, 2.75) is 51.4 Å². The summed E-state index contributed by atoms with van der Waals surface area (Å²) >= 11 is 0. The zero-order valence-corrected chi connectivity index (χ0v) is 8.91. The van der Waals surface area contributed by atoms with Gasteiger partial charge in [-0.25, -0.2) is 4.68 Å². The molecule has 0 aromatic carbocycles. The minimum Gasteiger partial charge on any atom is -0.384 e. The monoisotopic (exact) mass is 207 g/mol. The van der Waals surface area contributed by atoms with Crippen LogP contribution in [0.3, 0.4) is 0 Å². The van der Waals surface area contributed by atoms with Crippen molar-refractivity contribution in [3.05, 3.63) is 11.3 Å². The van der Waals surface area contributed by atoms with Crippen LogP contribution in [0.2, 0.25) is 0 Å². The Labute approximate surface area is 89.4 Å². The van der Waals surface area contributed by atoms with Gasteiger partial charge in [-0.05, 0) is 12.8 Å². The van der Waals surface area contributed by atoms with Crippen molar-refractivity contribution in [3.63, 3.8) is 0 Å². The summed E-state index contributed by atoms with van der Waals surface area (Å²) in [6.45, 7) is 1.28. The molecule has 1 aromatic heterocycles. The van der Waals surface area contributed by atoms with Gasteiger partial charge < -0.3 is 10.5 Å². The minimum atomic E-state index is 0.532. The Hall–Kier alpha value is -1.03. The average Bonchev–Trinajstić information content (AvgIpc) is 2.83. The molecule has 0 bridgehead atoms. The molecule has 2 N–H and O–H groups in total. The Morgan fingerprint density at radius 1 is 1.20 bits per heavy atom. The summed E-state index contributed by atoms with van der Waals surface area (Å²) in [6.07, 6.45) is 6.44. The fourth-order valence-corrected chi connectivity index (χ4v) is 2.66. The van der Waals surface area contributed by atoms with E-state index in [2.05, 4.69) is 5.10 Å². The Bertz CT molecular complexity index is 366. The number of nitrogen functional groups attached to an aromatic ring is 1. The molecular weight excluding hydrogens is 190 g/mol. The van der Waals surface area contributed by atoms with E-state index in [0.29, 0.717) is 19.3 Å². The SMILES string of the molecule is Nc1c2c(nn1C1CCCCC1)COC2. The first-order valence-electron chi connectivity index (χ1n) is 5.80. The highest BCUT2D eigenvalue weighted by Gasteiger charge is 2.25. The minimum absolute atomic E-state index is 0.532. The van der Waals surface area contributed by atoms with Crippen LogP contribution < -0.4 is 5.73 Å². The van der Waals surface area contributed by atoms with Crippen molar-refractivity contribution in [1.29, 1.82) is 0 Å². The summed E-state index contributed by atoms with van der Waals surface area (Å²) in [6, 6.07) is 0.532. The van der Waals surface area contributed by atoms with Gasteiger partial charge in [0.25, 0.3) is 0 Å². The smallest absolute Gasteiger partial charge is 0.127 e. The highest BCUT2D eigenvalue weighted by molar-refractivity contribution is 5.44. The second-order valence-electron chi connectivity index (χ2n) is 4.54. The van der Waals surface area contributed by atoms with Gasteiger partial charge in [-0.15, -0.1) is 0 Å². The molecule has 2 aliphatic rings. The average molecular weight is 207 g/mol. The van der Waals surface area contributed by atoms with E-state index in [0.717, 1.165) is 17.1 Å². The van der Waals surface area contributed by atoms with Crippen LogP contribution in [0.5, 0.6) is 0 Å². The number of anilines is 1. The van der Waals surface area contributed by atoms with Gasteiger partial charge in [0.2, 0.25) is 0 Å². The van der Waals surface area contributed by atoms with E-state index < -0.39 is 0 Å². The maximum Gasteiger partial charge on any atom is 0.127 e. The Kier molecular flexibility index (Phi) is 2.16. The molecule has 3 rings (SSSR count). The van der Waals surface area contributed by atoms with Crippen LogP contribution >= 0.6 is 0 Å². The first-order valence-corrected chi connectivity index (χ1v) is 5.80. The summed E-state index contributed by atoms with van der Waals surface area (Å²) in [5.74, 6) is 0.842. The number of aromatic nitrogens is 2. The Morgan fingerprint density at radius 2 is 2.00 bits per heavy atom. The number of hydrogen-bond donors (Lipinski definition) is 1. The first kappa shape index (κ1) is 9.21. The van der Waals surface area contributed by atoms with Gasteiger partial charge in [-0.2, -0.15) is 5.10 Å². The van der Waals surface area contributed by atoms with Gasteiger partial charge in [0.05, 0.1) is 24.9 Å². The number of ether oxygens (including phenoxy) is 1. The molecule has 1 aliphatic carbocycles.